The fourth-order valence-electron chi connectivity index (χ4n) is 2.75. The molecule has 2 aliphatic heterocycles. The topological polar surface area (TPSA) is 70.0 Å². The molecule has 0 saturated carbocycles. The first kappa shape index (κ1) is 11.6. The monoisotopic (exact) mass is 249 g/mol. The molecule has 3 atom stereocenters. The molecule has 3 rings (SSSR count). The summed E-state index contributed by atoms with van der Waals surface area (Å²) < 4.78 is 5.41. The lowest BCUT2D eigenvalue weighted by Crippen LogP contribution is -2.71. The summed E-state index contributed by atoms with van der Waals surface area (Å²) in [7, 11) is 0. The van der Waals surface area contributed by atoms with E-state index >= 15 is 0 Å². The van der Waals surface area contributed by atoms with Gasteiger partial charge in [-0.15, -0.1) is 0 Å². The van der Waals surface area contributed by atoms with Crippen LogP contribution in [0, 0.1) is 5.41 Å². The molecule has 0 aromatic heterocycles. The molecule has 2 heterocycles. The second-order valence-electron chi connectivity index (χ2n) is 4.82. The first-order chi connectivity index (χ1) is 8.70. The number of ether oxygens (including phenoxy) is 1. The first-order valence-electron chi connectivity index (χ1n) is 5.95. The van der Waals surface area contributed by atoms with Crippen LogP contribution in [0.25, 0.3) is 0 Å². The number of nitrogens with zero attached hydrogens (tertiary/aromatic N) is 1. The summed E-state index contributed by atoms with van der Waals surface area (Å²) in [6, 6.07) is 9.58. The third kappa shape index (κ3) is 1.35. The fraction of sp³-hybridized carbons (Fsp3) is 0.462. The van der Waals surface area contributed by atoms with Gasteiger partial charge >= 0.3 is 0 Å². The molecule has 1 aromatic carbocycles. The summed E-state index contributed by atoms with van der Waals surface area (Å²) >= 11 is 0. The molecule has 96 valence electrons. The number of benzene rings is 1. The van der Waals surface area contributed by atoms with Crippen molar-refractivity contribution in [3.63, 3.8) is 0 Å². The van der Waals surface area contributed by atoms with Crippen molar-refractivity contribution in [3.05, 3.63) is 35.9 Å². The highest BCUT2D eigenvalue weighted by molar-refractivity contribution is 5.91. The number of carbonyl (C=O) groups is 1. The van der Waals surface area contributed by atoms with Crippen molar-refractivity contribution < 1.29 is 19.7 Å². The largest absolute Gasteiger partial charge is 0.395 e. The van der Waals surface area contributed by atoms with Crippen molar-refractivity contribution in [2.45, 2.75) is 18.9 Å². The number of hydrogen-bond donors (Lipinski definition) is 2. The Labute approximate surface area is 105 Å². The normalized spacial score (nSPS) is 34.3. The van der Waals surface area contributed by atoms with E-state index in [0.29, 0.717) is 6.54 Å². The molecule has 1 aromatic rings. The van der Waals surface area contributed by atoms with E-state index in [0.717, 1.165) is 5.56 Å². The van der Waals surface area contributed by atoms with E-state index < -0.39 is 17.7 Å². The van der Waals surface area contributed by atoms with Crippen LogP contribution in [0.15, 0.2) is 30.3 Å². The molecule has 0 spiro atoms. The van der Waals surface area contributed by atoms with Crippen molar-refractivity contribution in [1.82, 2.24) is 4.90 Å². The minimum Gasteiger partial charge on any atom is -0.395 e. The Morgan fingerprint density at radius 3 is 2.78 bits per heavy atom. The predicted octanol–water partition coefficient (Wildman–Crippen LogP) is -0.275. The Morgan fingerprint density at radius 1 is 1.39 bits per heavy atom. The number of aliphatic hydroxyl groups excluding tert-OH is 2. The number of fused-ring (bicyclic) bond motifs is 1. The van der Waals surface area contributed by atoms with Crippen LogP contribution in [0.1, 0.15) is 5.56 Å². The molecule has 5 heteroatoms. The van der Waals surface area contributed by atoms with Crippen LogP contribution < -0.4 is 0 Å². The van der Waals surface area contributed by atoms with E-state index in [4.69, 9.17) is 4.74 Å². The Hall–Kier alpha value is -1.43. The lowest BCUT2D eigenvalue weighted by molar-refractivity contribution is -0.211. The molecular weight excluding hydrogens is 234 g/mol. The van der Waals surface area contributed by atoms with Crippen LogP contribution in [0.5, 0.6) is 0 Å². The van der Waals surface area contributed by atoms with Crippen LogP contribution in [-0.4, -0.2) is 46.6 Å². The summed E-state index contributed by atoms with van der Waals surface area (Å²) in [6.45, 7) is 0.171. The standard InChI is InChI=1S/C13H15NO4/c15-8-13-10(16)7-18-12(13)14(11(13)17)6-9-4-2-1-3-5-9/h1-5,10,12,15-16H,6-8H2/t10-,12+,13+/m0/s1. The maximum atomic E-state index is 12.1. The number of carbonyl (C=O) groups excluding carboxylic acids is 1. The zero-order valence-corrected chi connectivity index (χ0v) is 9.82. The average molecular weight is 249 g/mol. The Kier molecular flexibility index (Phi) is 2.62. The van der Waals surface area contributed by atoms with E-state index in [2.05, 4.69) is 0 Å². The van der Waals surface area contributed by atoms with Crippen LogP contribution in [-0.2, 0) is 16.1 Å². The second kappa shape index (κ2) is 4.05. The van der Waals surface area contributed by atoms with Crippen molar-refractivity contribution in [3.8, 4) is 0 Å². The number of hydrogen-bond acceptors (Lipinski definition) is 4. The third-order valence-electron chi connectivity index (χ3n) is 3.85. The third-order valence-corrected chi connectivity index (χ3v) is 3.85. The summed E-state index contributed by atoms with van der Waals surface area (Å²) in [5.41, 5.74) is -0.128. The molecule has 5 nitrogen and oxygen atoms in total. The molecule has 2 N–H and O–H groups in total. The first-order valence-corrected chi connectivity index (χ1v) is 5.95. The van der Waals surface area contributed by atoms with Crippen molar-refractivity contribution in [2.24, 2.45) is 5.41 Å². The summed E-state index contributed by atoms with van der Waals surface area (Å²) in [5, 5.41) is 19.2. The van der Waals surface area contributed by atoms with Gasteiger partial charge in [-0.3, -0.25) is 4.79 Å². The van der Waals surface area contributed by atoms with Crippen LogP contribution in [0.2, 0.25) is 0 Å². The summed E-state index contributed by atoms with van der Waals surface area (Å²) in [4.78, 5) is 13.7. The van der Waals surface area contributed by atoms with Gasteiger partial charge in [0.2, 0.25) is 5.91 Å². The van der Waals surface area contributed by atoms with Crippen LogP contribution >= 0.6 is 0 Å². The van der Waals surface area contributed by atoms with Crippen molar-refractivity contribution >= 4 is 5.91 Å². The number of rotatable bonds is 3. The van der Waals surface area contributed by atoms with E-state index in [-0.39, 0.29) is 19.1 Å². The molecule has 1 amide bonds. The zero-order valence-electron chi connectivity index (χ0n) is 9.82. The number of aliphatic hydroxyl groups is 2. The molecule has 2 saturated heterocycles. The van der Waals surface area contributed by atoms with Gasteiger partial charge in [0.05, 0.1) is 19.3 Å². The summed E-state index contributed by atoms with van der Waals surface area (Å²) in [5.74, 6) is -0.233. The molecule has 0 unspecified atom stereocenters. The summed E-state index contributed by atoms with van der Waals surface area (Å²) in [6.07, 6.45) is -1.42. The number of β-lactam (4-membered cyclic amide) rings is 1. The van der Waals surface area contributed by atoms with Crippen molar-refractivity contribution in [2.75, 3.05) is 13.2 Å². The van der Waals surface area contributed by atoms with Gasteiger partial charge in [0.15, 0.2) is 6.23 Å². The molecule has 2 aliphatic rings. The van der Waals surface area contributed by atoms with Crippen molar-refractivity contribution in [1.29, 1.82) is 0 Å². The Balaban J connectivity index is 1.80. The zero-order chi connectivity index (χ0) is 12.8. The molecule has 0 bridgehead atoms. The molecular formula is C13H15NO4. The van der Waals surface area contributed by atoms with Gasteiger partial charge < -0.3 is 19.8 Å². The van der Waals surface area contributed by atoms with Crippen LogP contribution in [0.3, 0.4) is 0 Å². The Morgan fingerprint density at radius 2 is 2.11 bits per heavy atom. The maximum Gasteiger partial charge on any atom is 0.240 e. The highest BCUT2D eigenvalue weighted by Crippen LogP contribution is 2.47. The predicted molar refractivity (Wildman–Crippen MR) is 62.3 cm³/mol. The van der Waals surface area contributed by atoms with E-state index in [1.54, 1.807) is 4.90 Å². The Bertz CT molecular complexity index is 463. The lowest BCUT2D eigenvalue weighted by atomic mass is 9.74. The minimum absolute atomic E-state index is 0.0995. The van der Waals surface area contributed by atoms with Crippen LogP contribution in [0.4, 0.5) is 0 Å². The maximum absolute atomic E-state index is 12.1. The SMILES string of the molecule is O=C1N(Cc2ccccc2)[C@@H]2OC[C@H](O)[C@]12CO. The number of amides is 1. The molecule has 2 fully saturated rings. The highest BCUT2D eigenvalue weighted by atomic mass is 16.5. The smallest absolute Gasteiger partial charge is 0.240 e. The highest BCUT2D eigenvalue weighted by Gasteiger charge is 2.68. The van der Waals surface area contributed by atoms with E-state index in [1.165, 1.54) is 0 Å². The quantitative estimate of drug-likeness (QED) is 0.723. The van der Waals surface area contributed by atoms with Gasteiger partial charge in [-0.25, -0.2) is 0 Å². The van der Waals surface area contributed by atoms with Gasteiger partial charge in [-0.2, -0.15) is 0 Å². The molecule has 0 aliphatic carbocycles. The lowest BCUT2D eigenvalue weighted by Gasteiger charge is -2.51. The molecule has 0 radical (unpaired) electrons. The molecule has 18 heavy (non-hydrogen) atoms. The van der Waals surface area contributed by atoms with E-state index in [1.807, 2.05) is 30.3 Å². The fourth-order valence-corrected chi connectivity index (χ4v) is 2.75. The van der Waals surface area contributed by atoms with Gasteiger partial charge in [-0.05, 0) is 5.56 Å². The minimum atomic E-state index is -1.13. The van der Waals surface area contributed by atoms with Gasteiger partial charge in [0.25, 0.3) is 0 Å². The van der Waals surface area contributed by atoms with Gasteiger partial charge in [0, 0.05) is 6.54 Å². The van der Waals surface area contributed by atoms with Gasteiger partial charge in [-0.1, -0.05) is 30.3 Å². The second-order valence-corrected chi connectivity index (χ2v) is 4.82. The number of likely N-dealkylation sites (tertiary alicyclic amines) is 1. The van der Waals surface area contributed by atoms with E-state index in [9.17, 15) is 15.0 Å². The average Bonchev–Trinajstić information content (AvgIpc) is 2.70. The van der Waals surface area contributed by atoms with Gasteiger partial charge in [0.1, 0.15) is 5.41 Å².